The van der Waals surface area contributed by atoms with Crippen LogP contribution in [0, 0.1) is 13.0 Å². The van der Waals surface area contributed by atoms with Crippen molar-refractivity contribution in [1.29, 1.82) is 0 Å². The third-order valence-corrected chi connectivity index (χ3v) is 2.07. The van der Waals surface area contributed by atoms with E-state index in [1.54, 1.807) is 0 Å². The maximum atomic E-state index is 11.1. The molecule has 0 unspecified atom stereocenters. The minimum absolute atomic E-state index is 0.250. The number of hydrogen-bond donors (Lipinski definition) is 0. The summed E-state index contributed by atoms with van der Waals surface area (Å²) in [5.41, 5.74) is 3.18. The molecule has 1 aromatic rings. The quantitative estimate of drug-likeness (QED) is 0.545. The van der Waals surface area contributed by atoms with Crippen LogP contribution in [-0.4, -0.2) is 5.78 Å². The van der Waals surface area contributed by atoms with Crippen LogP contribution in [0.1, 0.15) is 27.9 Å². The van der Waals surface area contributed by atoms with Crippen molar-refractivity contribution >= 4 is 5.78 Å². The lowest BCUT2D eigenvalue weighted by Crippen LogP contribution is -1.90. The first-order chi connectivity index (χ1) is 5.27. The van der Waals surface area contributed by atoms with Crippen molar-refractivity contribution in [2.75, 3.05) is 0 Å². The zero-order chi connectivity index (χ0) is 7.84. The number of hydrogen-bond acceptors (Lipinski definition) is 1. The van der Waals surface area contributed by atoms with Gasteiger partial charge in [-0.25, -0.2) is 0 Å². The number of rotatable bonds is 0. The van der Waals surface area contributed by atoms with E-state index in [9.17, 15) is 4.79 Å². The summed E-state index contributed by atoms with van der Waals surface area (Å²) in [5.74, 6) is 0.250. The molecule has 0 saturated carbocycles. The van der Waals surface area contributed by atoms with Gasteiger partial charge in [0.1, 0.15) is 0 Å². The van der Waals surface area contributed by atoms with Gasteiger partial charge in [0, 0.05) is 12.0 Å². The summed E-state index contributed by atoms with van der Waals surface area (Å²) in [6, 6.07) is 6.97. The predicted molar refractivity (Wildman–Crippen MR) is 42.7 cm³/mol. The second-order valence-electron chi connectivity index (χ2n) is 3.00. The van der Waals surface area contributed by atoms with E-state index in [0.717, 1.165) is 12.0 Å². The van der Waals surface area contributed by atoms with Gasteiger partial charge in [-0.15, -0.1) is 0 Å². The Morgan fingerprint density at radius 2 is 2.27 bits per heavy atom. The molecule has 0 spiro atoms. The van der Waals surface area contributed by atoms with E-state index in [1.807, 2.05) is 13.0 Å². The van der Waals surface area contributed by atoms with Gasteiger partial charge < -0.3 is 0 Å². The molecule has 0 bridgehead atoms. The molecular weight excluding hydrogens is 136 g/mol. The number of Topliss-reactive ketones (excluding diaryl/α,β-unsaturated/α-hetero) is 1. The third-order valence-electron chi connectivity index (χ3n) is 2.07. The number of benzene rings is 1. The topological polar surface area (TPSA) is 17.1 Å². The Morgan fingerprint density at radius 1 is 1.45 bits per heavy atom. The molecule has 0 atom stereocenters. The minimum Gasteiger partial charge on any atom is -0.294 e. The fourth-order valence-electron chi connectivity index (χ4n) is 1.50. The van der Waals surface area contributed by atoms with Crippen molar-refractivity contribution in [3.63, 3.8) is 0 Å². The Labute approximate surface area is 66.0 Å². The monoisotopic (exact) mass is 145 g/mol. The summed E-state index contributed by atoms with van der Waals surface area (Å²) in [7, 11) is 0. The highest BCUT2D eigenvalue weighted by Crippen LogP contribution is 2.21. The molecule has 0 N–H and O–H groups in total. The van der Waals surface area contributed by atoms with Gasteiger partial charge in [-0.2, -0.15) is 0 Å². The van der Waals surface area contributed by atoms with Crippen LogP contribution in [0.4, 0.5) is 0 Å². The molecule has 0 aliphatic heterocycles. The average molecular weight is 145 g/mol. The van der Waals surface area contributed by atoms with Crippen LogP contribution in [0.3, 0.4) is 0 Å². The fourth-order valence-corrected chi connectivity index (χ4v) is 1.50. The average Bonchev–Trinajstić information content (AvgIpc) is 2.32. The summed E-state index contributed by atoms with van der Waals surface area (Å²) >= 11 is 0. The van der Waals surface area contributed by atoms with Gasteiger partial charge >= 0.3 is 0 Å². The van der Waals surface area contributed by atoms with E-state index in [4.69, 9.17) is 0 Å². The Bertz CT molecular complexity index is 313. The molecule has 1 aliphatic carbocycles. The van der Waals surface area contributed by atoms with Crippen LogP contribution in [0.15, 0.2) is 12.1 Å². The smallest absolute Gasteiger partial charge is 0.164 e. The van der Waals surface area contributed by atoms with E-state index in [1.165, 1.54) is 11.1 Å². The summed E-state index contributed by atoms with van der Waals surface area (Å²) in [6.07, 6.45) is 1.58. The van der Waals surface area contributed by atoms with Crippen LogP contribution in [0.5, 0.6) is 0 Å². The molecule has 1 aliphatic rings. The molecule has 0 saturated heterocycles. The van der Waals surface area contributed by atoms with Crippen molar-refractivity contribution in [1.82, 2.24) is 0 Å². The van der Waals surface area contributed by atoms with Crippen molar-refractivity contribution in [2.45, 2.75) is 19.8 Å². The predicted octanol–water partition coefficient (Wildman–Crippen LogP) is 1.92. The van der Waals surface area contributed by atoms with E-state index in [0.29, 0.717) is 6.42 Å². The maximum Gasteiger partial charge on any atom is 0.164 e. The first-order valence-electron chi connectivity index (χ1n) is 3.82. The van der Waals surface area contributed by atoms with Gasteiger partial charge in [-0.3, -0.25) is 4.79 Å². The molecule has 1 heteroatoms. The molecule has 1 aromatic carbocycles. The van der Waals surface area contributed by atoms with Crippen LogP contribution < -0.4 is 0 Å². The number of aryl methyl sites for hydroxylation is 2. The molecule has 11 heavy (non-hydrogen) atoms. The maximum absolute atomic E-state index is 11.1. The van der Waals surface area contributed by atoms with Crippen LogP contribution in [0.2, 0.25) is 0 Å². The highest BCUT2D eigenvalue weighted by atomic mass is 16.1. The van der Waals surface area contributed by atoms with Crippen molar-refractivity contribution in [2.24, 2.45) is 0 Å². The fraction of sp³-hybridized carbons (Fsp3) is 0.300. The second-order valence-corrected chi connectivity index (χ2v) is 3.00. The molecule has 2 rings (SSSR count). The van der Waals surface area contributed by atoms with Crippen molar-refractivity contribution < 1.29 is 4.79 Å². The molecule has 0 heterocycles. The van der Waals surface area contributed by atoms with Crippen LogP contribution >= 0.6 is 0 Å². The van der Waals surface area contributed by atoms with E-state index < -0.39 is 0 Å². The minimum atomic E-state index is 0.250. The first kappa shape index (κ1) is 6.59. The Hall–Kier alpha value is -1.11. The van der Waals surface area contributed by atoms with Gasteiger partial charge in [0.15, 0.2) is 5.78 Å². The number of fused-ring (bicyclic) bond motifs is 1. The molecule has 55 valence electrons. The standard InChI is InChI=1S/C10H9O/c1-7-2-4-9-8(6-7)3-5-10(9)11/h2,6H,3,5H2,1H3. The Balaban J connectivity index is 2.59. The lowest BCUT2D eigenvalue weighted by Gasteiger charge is -1.96. The lowest BCUT2D eigenvalue weighted by atomic mass is 10.1. The Kier molecular flexibility index (Phi) is 1.31. The highest BCUT2D eigenvalue weighted by molar-refractivity contribution is 6.00. The van der Waals surface area contributed by atoms with Gasteiger partial charge in [-0.1, -0.05) is 17.7 Å². The van der Waals surface area contributed by atoms with Crippen LogP contribution in [-0.2, 0) is 6.42 Å². The van der Waals surface area contributed by atoms with Crippen molar-refractivity contribution in [3.05, 3.63) is 34.9 Å². The summed E-state index contributed by atoms with van der Waals surface area (Å²) in [5, 5.41) is 0. The molecule has 0 amide bonds. The summed E-state index contributed by atoms with van der Waals surface area (Å²) in [6.45, 7) is 2.03. The van der Waals surface area contributed by atoms with Crippen LogP contribution in [0.25, 0.3) is 0 Å². The van der Waals surface area contributed by atoms with Crippen molar-refractivity contribution in [3.8, 4) is 0 Å². The zero-order valence-corrected chi connectivity index (χ0v) is 6.48. The number of ketones is 1. The molecule has 1 nitrogen and oxygen atoms in total. The summed E-state index contributed by atoms with van der Waals surface area (Å²) in [4.78, 5) is 11.1. The third kappa shape index (κ3) is 0.967. The van der Waals surface area contributed by atoms with E-state index in [2.05, 4.69) is 12.1 Å². The largest absolute Gasteiger partial charge is 0.294 e. The van der Waals surface area contributed by atoms with E-state index in [-0.39, 0.29) is 5.78 Å². The lowest BCUT2D eigenvalue weighted by molar-refractivity contribution is 0.0994. The van der Waals surface area contributed by atoms with E-state index >= 15 is 0 Å². The zero-order valence-electron chi connectivity index (χ0n) is 6.48. The molecule has 0 aromatic heterocycles. The molecule has 0 fully saturated rings. The molecule has 1 radical (unpaired) electrons. The normalized spacial score (nSPS) is 15.2. The second kappa shape index (κ2) is 2.19. The first-order valence-corrected chi connectivity index (χ1v) is 3.82. The summed E-state index contributed by atoms with van der Waals surface area (Å²) < 4.78 is 0. The van der Waals surface area contributed by atoms with Gasteiger partial charge in [0.25, 0.3) is 0 Å². The number of carbonyl (C=O) groups is 1. The Morgan fingerprint density at radius 3 is 3.09 bits per heavy atom. The number of carbonyl (C=O) groups excluding carboxylic acids is 1. The molecular formula is C10H9O. The SMILES string of the molecule is Cc1c[c]c2c(c1)CCC2=O. The van der Waals surface area contributed by atoms with Gasteiger partial charge in [0.2, 0.25) is 0 Å². The van der Waals surface area contributed by atoms with Gasteiger partial charge in [0.05, 0.1) is 0 Å². The van der Waals surface area contributed by atoms with Gasteiger partial charge in [-0.05, 0) is 25.0 Å². The highest BCUT2D eigenvalue weighted by Gasteiger charge is 2.18.